The van der Waals surface area contributed by atoms with Crippen LogP contribution in [0.3, 0.4) is 0 Å². The molecule has 1 aliphatic rings. The maximum atomic E-state index is 12.1. The van der Waals surface area contributed by atoms with Gasteiger partial charge in [-0.2, -0.15) is 0 Å². The van der Waals surface area contributed by atoms with Crippen molar-refractivity contribution in [1.82, 2.24) is 0 Å². The number of Topliss-reactive ketones (excluding diaryl/α,β-unsaturated/α-hetero) is 1. The minimum absolute atomic E-state index is 0.267. The lowest BCUT2D eigenvalue weighted by Gasteiger charge is -2.05. The summed E-state index contributed by atoms with van der Waals surface area (Å²) in [6, 6.07) is 7.21. The molecule has 0 aromatic heterocycles. The first-order chi connectivity index (χ1) is 9.56. The van der Waals surface area contributed by atoms with Crippen LogP contribution in [0.2, 0.25) is 0 Å². The zero-order valence-electron chi connectivity index (χ0n) is 11.5. The normalized spacial score (nSPS) is 19.9. The van der Waals surface area contributed by atoms with Crippen LogP contribution in [0.1, 0.15) is 12.5 Å². The molecule has 1 atom stereocenters. The molecule has 104 valence electrons. The number of allylic oxidation sites excluding steroid dienone is 1. The molecule has 1 aromatic rings. The minimum atomic E-state index is -0.913. The van der Waals surface area contributed by atoms with Gasteiger partial charge in [-0.1, -0.05) is 12.1 Å². The number of esters is 1. The fourth-order valence-electron chi connectivity index (χ4n) is 2.00. The van der Waals surface area contributed by atoms with Crippen LogP contribution in [0.15, 0.2) is 35.0 Å². The Morgan fingerprint density at radius 3 is 2.45 bits per heavy atom. The quantitative estimate of drug-likeness (QED) is 0.479. The van der Waals surface area contributed by atoms with Crippen molar-refractivity contribution in [2.75, 3.05) is 14.2 Å². The zero-order chi connectivity index (χ0) is 14.7. The van der Waals surface area contributed by atoms with E-state index in [4.69, 9.17) is 4.74 Å². The Labute approximate surface area is 116 Å². The number of aliphatic imine (C=N–C) groups is 1. The molecule has 1 unspecified atom stereocenters. The topological polar surface area (TPSA) is 65.0 Å². The lowest BCUT2D eigenvalue weighted by Crippen LogP contribution is -2.27. The predicted molar refractivity (Wildman–Crippen MR) is 74.6 cm³/mol. The number of rotatable bonds is 3. The molecule has 1 heterocycles. The van der Waals surface area contributed by atoms with Gasteiger partial charge in [-0.05, 0) is 30.7 Å². The highest BCUT2D eigenvalue weighted by Gasteiger charge is 2.37. The molecule has 0 radical (unpaired) electrons. The molecule has 0 amide bonds. The Morgan fingerprint density at radius 1 is 1.25 bits per heavy atom. The highest BCUT2D eigenvalue weighted by atomic mass is 16.5. The Kier molecular flexibility index (Phi) is 3.98. The van der Waals surface area contributed by atoms with E-state index in [1.165, 1.54) is 7.11 Å². The van der Waals surface area contributed by atoms with E-state index in [2.05, 4.69) is 9.73 Å². The van der Waals surface area contributed by atoms with Crippen LogP contribution in [0.25, 0.3) is 6.08 Å². The molecule has 2 rings (SSSR count). The van der Waals surface area contributed by atoms with Gasteiger partial charge in [0, 0.05) is 5.71 Å². The summed E-state index contributed by atoms with van der Waals surface area (Å²) in [6.45, 7) is 1.65. The minimum Gasteiger partial charge on any atom is -0.497 e. The summed E-state index contributed by atoms with van der Waals surface area (Å²) in [7, 11) is 2.84. The van der Waals surface area contributed by atoms with E-state index >= 15 is 0 Å². The standard InChI is InChI=1S/C15H15NO4/c1-9-13(15(18)20-3)14(17)12(16-9)8-10-4-6-11(19-2)7-5-10/h4-8,13H,1-3H3/b12-8+. The van der Waals surface area contributed by atoms with E-state index in [0.29, 0.717) is 5.71 Å². The Hall–Kier alpha value is -2.43. The third-order valence-electron chi connectivity index (χ3n) is 3.09. The van der Waals surface area contributed by atoms with E-state index < -0.39 is 11.9 Å². The average Bonchev–Trinajstić information content (AvgIpc) is 2.73. The highest BCUT2D eigenvalue weighted by molar-refractivity contribution is 6.28. The van der Waals surface area contributed by atoms with Crippen molar-refractivity contribution in [1.29, 1.82) is 0 Å². The van der Waals surface area contributed by atoms with Gasteiger partial charge in [0.15, 0.2) is 5.92 Å². The number of hydrogen-bond acceptors (Lipinski definition) is 5. The van der Waals surface area contributed by atoms with Crippen molar-refractivity contribution in [2.45, 2.75) is 6.92 Å². The third kappa shape index (κ3) is 2.61. The molecule has 0 aliphatic carbocycles. The number of ketones is 1. The predicted octanol–water partition coefficient (Wildman–Crippen LogP) is 1.87. The molecular formula is C15H15NO4. The van der Waals surface area contributed by atoms with Crippen LogP contribution >= 0.6 is 0 Å². The van der Waals surface area contributed by atoms with Crippen molar-refractivity contribution in [3.63, 3.8) is 0 Å². The third-order valence-corrected chi connectivity index (χ3v) is 3.09. The number of methoxy groups -OCH3 is 2. The molecule has 0 bridgehead atoms. The van der Waals surface area contributed by atoms with Gasteiger partial charge in [0.25, 0.3) is 0 Å². The second kappa shape index (κ2) is 5.69. The number of benzene rings is 1. The first kappa shape index (κ1) is 14.0. The van der Waals surface area contributed by atoms with E-state index in [9.17, 15) is 9.59 Å². The van der Waals surface area contributed by atoms with Crippen LogP contribution in [0, 0.1) is 5.92 Å². The molecule has 1 aromatic carbocycles. The number of carbonyl (C=O) groups is 2. The largest absolute Gasteiger partial charge is 0.497 e. The van der Waals surface area contributed by atoms with Gasteiger partial charge < -0.3 is 9.47 Å². The molecule has 5 heteroatoms. The molecule has 0 N–H and O–H groups in total. The second-order valence-corrected chi connectivity index (χ2v) is 4.38. The monoisotopic (exact) mass is 273 g/mol. The summed E-state index contributed by atoms with van der Waals surface area (Å²) in [5.74, 6) is -1.08. The Morgan fingerprint density at radius 2 is 1.90 bits per heavy atom. The second-order valence-electron chi connectivity index (χ2n) is 4.38. The van der Waals surface area contributed by atoms with Gasteiger partial charge in [-0.25, -0.2) is 0 Å². The maximum Gasteiger partial charge on any atom is 0.322 e. The first-order valence-electron chi connectivity index (χ1n) is 6.09. The van der Waals surface area contributed by atoms with Gasteiger partial charge in [-0.15, -0.1) is 0 Å². The molecule has 0 saturated heterocycles. The fraction of sp³-hybridized carbons (Fsp3) is 0.267. The van der Waals surface area contributed by atoms with Crippen LogP contribution < -0.4 is 4.74 Å². The molecule has 0 saturated carbocycles. The van der Waals surface area contributed by atoms with Crippen LogP contribution in [0.4, 0.5) is 0 Å². The van der Waals surface area contributed by atoms with Gasteiger partial charge in [0.05, 0.1) is 14.2 Å². The fourth-order valence-corrected chi connectivity index (χ4v) is 2.00. The average molecular weight is 273 g/mol. The van der Waals surface area contributed by atoms with E-state index in [1.54, 1.807) is 32.2 Å². The highest BCUT2D eigenvalue weighted by Crippen LogP contribution is 2.24. The first-order valence-corrected chi connectivity index (χ1v) is 6.09. The summed E-state index contributed by atoms with van der Waals surface area (Å²) in [4.78, 5) is 27.8. The van der Waals surface area contributed by atoms with Crippen molar-refractivity contribution >= 4 is 23.5 Å². The molecule has 0 spiro atoms. The maximum absolute atomic E-state index is 12.1. The van der Waals surface area contributed by atoms with E-state index in [-0.39, 0.29) is 11.5 Å². The van der Waals surface area contributed by atoms with E-state index in [0.717, 1.165) is 11.3 Å². The van der Waals surface area contributed by atoms with E-state index in [1.807, 2.05) is 12.1 Å². The SMILES string of the molecule is COC(=O)C1C(=O)/C(=C\c2ccc(OC)cc2)N=C1C. The Bertz CT molecular complexity index is 599. The lowest BCUT2D eigenvalue weighted by atomic mass is 10.0. The summed E-state index contributed by atoms with van der Waals surface area (Å²) >= 11 is 0. The molecule has 5 nitrogen and oxygen atoms in total. The summed E-state index contributed by atoms with van der Waals surface area (Å²) in [5, 5.41) is 0. The van der Waals surface area contributed by atoms with Crippen LogP contribution in [-0.2, 0) is 14.3 Å². The van der Waals surface area contributed by atoms with Gasteiger partial charge in [-0.3, -0.25) is 14.6 Å². The van der Waals surface area contributed by atoms with Gasteiger partial charge >= 0.3 is 5.97 Å². The van der Waals surface area contributed by atoms with Crippen molar-refractivity contribution in [3.8, 4) is 5.75 Å². The summed E-state index contributed by atoms with van der Waals surface area (Å²) < 4.78 is 9.68. The zero-order valence-corrected chi connectivity index (χ0v) is 11.5. The van der Waals surface area contributed by atoms with Gasteiger partial charge in [0.2, 0.25) is 5.78 Å². The summed E-state index contributed by atoms with van der Waals surface area (Å²) in [5.41, 5.74) is 1.54. The summed E-state index contributed by atoms with van der Waals surface area (Å²) in [6.07, 6.45) is 1.65. The van der Waals surface area contributed by atoms with Crippen LogP contribution in [-0.4, -0.2) is 31.7 Å². The molecular weight excluding hydrogens is 258 g/mol. The van der Waals surface area contributed by atoms with Crippen molar-refractivity contribution in [2.24, 2.45) is 10.9 Å². The lowest BCUT2D eigenvalue weighted by molar-refractivity contribution is -0.145. The van der Waals surface area contributed by atoms with Gasteiger partial charge in [0.1, 0.15) is 11.4 Å². The van der Waals surface area contributed by atoms with Crippen LogP contribution in [0.5, 0.6) is 5.75 Å². The molecule has 1 aliphatic heterocycles. The number of nitrogens with zero attached hydrogens (tertiary/aromatic N) is 1. The Balaban J connectivity index is 2.27. The number of carbonyl (C=O) groups excluding carboxylic acids is 2. The number of hydrogen-bond donors (Lipinski definition) is 0. The smallest absolute Gasteiger partial charge is 0.322 e. The number of ether oxygens (including phenoxy) is 2. The molecule has 20 heavy (non-hydrogen) atoms. The van der Waals surface area contributed by atoms with Crippen molar-refractivity contribution < 1.29 is 19.1 Å². The molecule has 0 fully saturated rings. The van der Waals surface area contributed by atoms with Crippen molar-refractivity contribution in [3.05, 3.63) is 35.5 Å².